The Hall–Kier alpha value is -2.50. The van der Waals surface area contributed by atoms with Crippen LogP contribution in [0.15, 0.2) is 33.9 Å². The van der Waals surface area contributed by atoms with Crippen molar-refractivity contribution in [2.75, 3.05) is 0 Å². The van der Waals surface area contributed by atoms with Gasteiger partial charge in [-0.2, -0.15) is 4.98 Å². The van der Waals surface area contributed by atoms with E-state index < -0.39 is 11.2 Å². The first kappa shape index (κ1) is 11.6. The molecule has 0 saturated heterocycles. The Labute approximate surface area is 108 Å². The van der Waals surface area contributed by atoms with Crippen molar-refractivity contribution < 1.29 is 0 Å². The Bertz CT molecular complexity index is 834. The standard InChI is InChI=1S/C13H12N4O2/c1-2-7-17-9-6-4-3-5-8(9)14-10-11(17)15-13(19)16-12(10)18/h3-6H,2,7H2,1H3,(H,16,18,19). The van der Waals surface area contributed by atoms with Crippen LogP contribution < -0.4 is 11.2 Å². The number of rotatable bonds is 2. The van der Waals surface area contributed by atoms with Crippen molar-refractivity contribution in [2.24, 2.45) is 0 Å². The molecule has 6 heteroatoms. The van der Waals surface area contributed by atoms with Crippen molar-refractivity contribution in [3.05, 3.63) is 45.1 Å². The number of benzene rings is 1. The number of para-hydroxylation sites is 2. The molecule has 0 aliphatic carbocycles. The summed E-state index contributed by atoms with van der Waals surface area (Å²) in [5, 5.41) is 0. The molecule has 1 N–H and O–H groups in total. The number of nitrogens with zero attached hydrogens (tertiary/aromatic N) is 3. The maximum absolute atomic E-state index is 11.8. The number of nitrogens with one attached hydrogen (secondary N) is 1. The van der Waals surface area contributed by atoms with Gasteiger partial charge in [0.05, 0.1) is 11.0 Å². The number of aromatic nitrogens is 4. The number of H-pyrrole nitrogens is 1. The van der Waals surface area contributed by atoms with E-state index in [2.05, 4.69) is 15.0 Å². The first-order valence-corrected chi connectivity index (χ1v) is 6.10. The van der Waals surface area contributed by atoms with Crippen LogP contribution in [0.25, 0.3) is 22.6 Å². The topological polar surface area (TPSA) is 80.6 Å². The van der Waals surface area contributed by atoms with E-state index in [0.717, 1.165) is 17.5 Å². The zero-order valence-electron chi connectivity index (χ0n) is 10.4. The number of aromatic amines is 1. The molecule has 19 heavy (non-hydrogen) atoms. The SMILES string of the molecule is CCCn1c2nc(=O)[nH]c(=O)c-2nc2ccccc21. The number of hydrogen-bond donors (Lipinski definition) is 1. The lowest BCUT2D eigenvalue weighted by molar-refractivity contribution is 0.684. The van der Waals surface area contributed by atoms with Gasteiger partial charge in [-0.25, -0.2) is 9.78 Å². The summed E-state index contributed by atoms with van der Waals surface area (Å²) in [5.74, 6) is 0.342. The second-order valence-corrected chi connectivity index (χ2v) is 4.30. The quantitative estimate of drug-likeness (QED) is 0.693. The summed E-state index contributed by atoms with van der Waals surface area (Å²) in [5.41, 5.74) is 0.653. The maximum Gasteiger partial charge on any atom is 0.349 e. The van der Waals surface area contributed by atoms with E-state index in [1.54, 1.807) is 0 Å². The van der Waals surface area contributed by atoms with Gasteiger partial charge in [0, 0.05) is 6.54 Å². The summed E-state index contributed by atoms with van der Waals surface area (Å²) in [6.07, 6.45) is 0.871. The fourth-order valence-corrected chi connectivity index (χ4v) is 2.20. The molecule has 1 aromatic carbocycles. The molecule has 0 aromatic heterocycles. The van der Waals surface area contributed by atoms with Crippen molar-refractivity contribution in [2.45, 2.75) is 19.9 Å². The van der Waals surface area contributed by atoms with Gasteiger partial charge in [0.25, 0.3) is 5.56 Å². The Kier molecular flexibility index (Phi) is 2.63. The third kappa shape index (κ3) is 1.81. The van der Waals surface area contributed by atoms with Crippen molar-refractivity contribution >= 4 is 11.0 Å². The number of aryl methyl sites for hydroxylation is 1. The van der Waals surface area contributed by atoms with E-state index in [4.69, 9.17) is 0 Å². The molecular formula is C13H12N4O2. The van der Waals surface area contributed by atoms with Gasteiger partial charge < -0.3 is 4.57 Å². The Morgan fingerprint density at radius 2 is 2.00 bits per heavy atom. The minimum absolute atomic E-state index is 0.201. The molecule has 3 rings (SSSR count). The molecule has 0 fully saturated rings. The van der Waals surface area contributed by atoms with Crippen LogP contribution in [0, 0.1) is 0 Å². The van der Waals surface area contributed by atoms with Gasteiger partial charge in [-0.15, -0.1) is 0 Å². The molecule has 2 aliphatic heterocycles. The van der Waals surface area contributed by atoms with Crippen LogP contribution in [0.4, 0.5) is 0 Å². The zero-order chi connectivity index (χ0) is 13.4. The van der Waals surface area contributed by atoms with Crippen LogP contribution in [-0.4, -0.2) is 19.5 Å². The summed E-state index contributed by atoms with van der Waals surface area (Å²) in [4.78, 5) is 33.6. The van der Waals surface area contributed by atoms with Gasteiger partial charge in [-0.1, -0.05) is 19.1 Å². The van der Waals surface area contributed by atoms with Crippen LogP contribution in [0.3, 0.4) is 0 Å². The van der Waals surface area contributed by atoms with Crippen molar-refractivity contribution in [3.8, 4) is 11.5 Å². The van der Waals surface area contributed by atoms with Crippen molar-refractivity contribution in [3.63, 3.8) is 0 Å². The third-order valence-corrected chi connectivity index (χ3v) is 2.96. The van der Waals surface area contributed by atoms with Gasteiger partial charge in [0.2, 0.25) is 0 Å². The lowest BCUT2D eigenvalue weighted by atomic mass is 10.2. The highest BCUT2D eigenvalue weighted by molar-refractivity contribution is 5.79. The third-order valence-electron chi connectivity index (χ3n) is 2.96. The molecule has 0 saturated carbocycles. The molecule has 0 amide bonds. The fraction of sp³-hybridized carbons (Fsp3) is 0.231. The molecule has 2 heterocycles. The molecule has 0 bridgehead atoms. The van der Waals surface area contributed by atoms with Crippen LogP contribution in [0.1, 0.15) is 13.3 Å². The van der Waals surface area contributed by atoms with E-state index in [0.29, 0.717) is 12.4 Å². The van der Waals surface area contributed by atoms with E-state index in [1.165, 1.54) is 0 Å². The van der Waals surface area contributed by atoms with E-state index >= 15 is 0 Å². The van der Waals surface area contributed by atoms with Crippen LogP contribution >= 0.6 is 0 Å². The highest BCUT2D eigenvalue weighted by Gasteiger charge is 2.17. The molecule has 0 radical (unpaired) electrons. The first-order chi connectivity index (χ1) is 9.20. The smallest absolute Gasteiger partial charge is 0.322 e. The van der Waals surface area contributed by atoms with Crippen LogP contribution in [-0.2, 0) is 6.54 Å². The normalized spacial score (nSPS) is 11.2. The van der Waals surface area contributed by atoms with Gasteiger partial charge >= 0.3 is 5.69 Å². The van der Waals surface area contributed by atoms with Crippen LogP contribution in [0.2, 0.25) is 0 Å². The van der Waals surface area contributed by atoms with E-state index in [1.807, 2.05) is 35.8 Å². The van der Waals surface area contributed by atoms with Gasteiger partial charge in [-0.3, -0.25) is 9.78 Å². The lowest BCUT2D eigenvalue weighted by Crippen LogP contribution is -2.28. The second-order valence-electron chi connectivity index (χ2n) is 4.30. The first-order valence-electron chi connectivity index (χ1n) is 6.10. The molecule has 0 atom stereocenters. The number of hydrogen-bond acceptors (Lipinski definition) is 4. The summed E-state index contributed by atoms with van der Waals surface area (Å²) < 4.78 is 1.87. The molecule has 2 aliphatic rings. The Balaban J connectivity index is 2.54. The predicted octanol–water partition coefficient (Wildman–Crippen LogP) is 0.995. The number of fused-ring (bicyclic) bond motifs is 2. The Morgan fingerprint density at radius 1 is 1.21 bits per heavy atom. The monoisotopic (exact) mass is 256 g/mol. The predicted molar refractivity (Wildman–Crippen MR) is 71.3 cm³/mol. The summed E-state index contributed by atoms with van der Waals surface area (Å²) >= 11 is 0. The minimum atomic E-state index is -0.639. The summed E-state index contributed by atoms with van der Waals surface area (Å²) in [6, 6.07) is 7.50. The van der Waals surface area contributed by atoms with Crippen LogP contribution in [0.5, 0.6) is 0 Å². The lowest BCUT2D eigenvalue weighted by Gasteiger charge is -2.15. The van der Waals surface area contributed by atoms with Crippen molar-refractivity contribution in [1.82, 2.24) is 19.5 Å². The van der Waals surface area contributed by atoms with Gasteiger partial charge in [-0.05, 0) is 18.6 Å². The average Bonchev–Trinajstić information content (AvgIpc) is 2.40. The van der Waals surface area contributed by atoms with Gasteiger partial charge in [0.15, 0.2) is 11.5 Å². The average molecular weight is 256 g/mol. The minimum Gasteiger partial charge on any atom is -0.322 e. The highest BCUT2D eigenvalue weighted by Crippen LogP contribution is 2.20. The second kappa shape index (κ2) is 4.31. The van der Waals surface area contributed by atoms with E-state index in [-0.39, 0.29) is 5.69 Å². The highest BCUT2D eigenvalue weighted by atomic mass is 16.2. The zero-order valence-corrected chi connectivity index (χ0v) is 10.4. The largest absolute Gasteiger partial charge is 0.349 e. The molecule has 96 valence electrons. The fourth-order valence-electron chi connectivity index (χ4n) is 2.20. The molecule has 0 spiro atoms. The van der Waals surface area contributed by atoms with Crippen molar-refractivity contribution in [1.29, 1.82) is 0 Å². The summed E-state index contributed by atoms with van der Waals surface area (Å²) in [7, 11) is 0. The maximum atomic E-state index is 11.8. The molecular weight excluding hydrogens is 244 g/mol. The van der Waals surface area contributed by atoms with Gasteiger partial charge in [0.1, 0.15) is 0 Å². The molecule has 1 aromatic rings. The molecule has 0 unspecified atom stereocenters. The van der Waals surface area contributed by atoms with E-state index in [9.17, 15) is 9.59 Å². The Morgan fingerprint density at radius 3 is 2.79 bits per heavy atom. The molecule has 6 nitrogen and oxygen atoms in total. The summed E-state index contributed by atoms with van der Waals surface area (Å²) in [6.45, 7) is 2.70.